The average Bonchev–Trinajstić information content (AvgIpc) is 3.22. The SMILES string of the molecule is CC(=O)c1c(C)[nH]c(C(=O)OCC(=O)Nc2ccc3oc4ccccc4c3c2)c1C. The summed E-state index contributed by atoms with van der Waals surface area (Å²) in [6.07, 6.45) is 0. The van der Waals surface area contributed by atoms with Crippen molar-refractivity contribution in [3.8, 4) is 0 Å². The van der Waals surface area contributed by atoms with Gasteiger partial charge >= 0.3 is 5.97 Å². The number of ketones is 1. The third-order valence-corrected chi connectivity index (χ3v) is 4.99. The van der Waals surface area contributed by atoms with E-state index in [9.17, 15) is 14.4 Å². The summed E-state index contributed by atoms with van der Waals surface area (Å²) in [5.74, 6) is -1.29. The molecule has 4 rings (SSSR count). The molecule has 7 heteroatoms. The summed E-state index contributed by atoms with van der Waals surface area (Å²) in [6, 6.07) is 13.0. The molecule has 0 spiro atoms. The van der Waals surface area contributed by atoms with Gasteiger partial charge in [-0.1, -0.05) is 18.2 Å². The van der Waals surface area contributed by atoms with E-state index in [0.29, 0.717) is 22.5 Å². The van der Waals surface area contributed by atoms with Crippen LogP contribution in [0.1, 0.15) is 39.0 Å². The number of carbonyl (C=O) groups excluding carboxylic acids is 3. The maximum absolute atomic E-state index is 12.3. The Bertz CT molecular complexity index is 1310. The van der Waals surface area contributed by atoms with Crippen molar-refractivity contribution in [3.63, 3.8) is 0 Å². The van der Waals surface area contributed by atoms with Gasteiger partial charge in [-0.05, 0) is 50.6 Å². The fourth-order valence-electron chi connectivity index (χ4n) is 3.69. The fourth-order valence-corrected chi connectivity index (χ4v) is 3.69. The number of aromatic nitrogens is 1. The predicted molar refractivity (Wildman–Crippen MR) is 113 cm³/mol. The summed E-state index contributed by atoms with van der Waals surface area (Å²) in [5, 5.41) is 4.56. The largest absolute Gasteiger partial charge is 0.456 e. The molecule has 0 aliphatic heterocycles. The Balaban J connectivity index is 1.45. The van der Waals surface area contributed by atoms with E-state index in [4.69, 9.17) is 9.15 Å². The highest BCUT2D eigenvalue weighted by Gasteiger charge is 2.21. The lowest BCUT2D eigenvalue weighted by Gasteiger charge is -2.07. The third kappa shape index (κ3) is 3.45. The molecule has 2 aromatic carbocycles. The molecule has 7 nitrogen and oxygen atoms in total. The zero-order valence-corrected chi connectivity index (χ0v) is 16.8. The quantitative estimate of drug-likeness (QED) is 0.376. The van der Waals surface area contributed by atoms with Crippen LogP contribution < -0.4 is 5.32 Å². The minimum absolute atomic E-state index is 0.139. The minimum Gasteiger partial charge on any atom is -0.456 e. The predicted octanol–water partition coefficient (Wildman–Crippen LogP) is 4.53. The highest BCUT2D eigenvalue weighted by Crippen LogP contribution is 2.30. The highest BCUT2D eigenvalue weighted by molar-refractivity contribution is 6.07. The standard InChI is InChI=1S/C23H20N2O5/c1-12-21(14(3)26)13(2)24-22(12)23(28)29-11-20(27)25-15-8-9-19-17(10-15)16-6-4-5-7-18(16)30-19/h4-10,24H,11H2,1-3H3,(H,25,27). The number of rotatable bonds is 5. The summed E-state index contributed by atoms with van der Waals surface area (Å²) in [7, 11) is 0. The molecule has 152 valence electrons. The van der Waals surface area contributed by atoms with Crippen molar-refractivity contribution >= 4 is 45.3 Å². The van der Waals surface area contributed by atoms with Crippen LogP contribution in [0, 0.1) is 13.8 Å². The van der Waals surface area contributed by atoms with E-state index in [2.05, 4.69) is 10.3 Å². The van der Waals surface area contributed by atoms with Gasteiger partial charge in [0.05, 0.1) is 0 Å². The molecule has 2 N–H and O–H groups in total. The van der Waals surface area contributed by atoms with Crippen molar-refractivity contribution in [1.29, 1.82) is 0 Å². The molecule has 30 heavy (non-hydrogen) atoms. The van der Waals surface area contributed by atoms with Gasteiger partial charge in [0.1, 0.15) is 16.9 Å². The lowest BCUT2D eigenvalue weighted by molar-refractivity contribution is -0.119. The van der Waals surface area contributed by atoms with E-state index in [1.54, 1.807) is 26.0 Å². The third-order valence-electron chi connectivity index (χ3n) is 4.99. The number of ether oxygens (including phenoxy) is 1. The maximum Gasteiger partial charge on any atom is 0.355 e. The van der Waals surface area contributed by atoms with Crippen molar-refractivity contribution in [1.82, 2.24) is 4.98 Å². The van der Waals surface area contributed by atoms with E-state index in [0.717, 1.165) is 21.9 Å². The first kappa shape index (κ1) is 19.4. The summed E-state index contributed by atoms with van der Waals surface area (Å²) in [5.41, 5.74) is 3.82. The summed E-state index contributed by atoms with van der Waals surface area (Å²) < 4.78 is 10.9. The van der Waals surface area contributed by atoms with E-state index >= 15 is 0 Å². The number of benzene rings is 2. The van der Waals surface area contributed by atoms with Crippen molar-refractivity contribution in [2.45, 2.75) is 20.8 Å². The first-order valence-electron chi connectivity index (χ1n) is 9.43. The minimum atomic E-state index is -0.686. The van der Waals surface area contributed by atoms with Gasteiger partial charge in [-0.3, -0.25) is 9.59 Å². The van der Waals surface area contributed by atoms with Crippen LogP contribution in [0.25, 0.3) is 21.9 Å². The smallest absolute Gasteiger partial charge is 0.355 e. The summed E-state index contributed by atoms with van der Waals surface area (Å²) in [6.45, 7) is 4.37. The van der Waals surface area contributed by atoms with E-state index in [1.807, 2.05) is 30.3 Å². The van der Waals surface area contributed by atoms with Gasteiger partial charge in [-0.2, -0.15) is 0 Å². The number of hydrogen-bond donors (Lipinski definition) is 2. The number of fused-ring (bicyclic) bond motifs is 3. The monoisotopic (exact) mass is 404 g/mol. The number of amides is 1. The molecule has 0 radical (unpaired) electrons. The molecule has 0 saturated heterocycles. The molecule has 4 aromatic rings. The van der Waals surface area contributed by atoms with Crippen molar-refractivity contribution in [3.05, 3.63) is 65.0 Å². The van der Waals surface area contributed by atoms with Crippen LogP contribution in [0.3, 0.4) is 0 Å². The summed E-state index contributed by atoms with van der Waals surface area (Å²) in [4.78, 5) is 39.2. The van der Waals surface area contributed by atoms with Crippen LogP contribution in [0.5, 0.6) is 0 Å². The van der Waals surface area contributed by atoms with E-state index in [-0.39, 0.29) is 11.5 Å². The number of nitrogens with one attached hydrogen (secondary N) is 2. The first-order chi connectivity index (χ1) is 14.3. The lowest BCUT2D eigenvalue weighted by Crippen LogP contribution is -2.21. The number of H-pyrrole nitrogens is 1. The molecule has 0 saturated carbocycles. The Morgan fingerprint density at radius 2 is 1.77 bits per heavy atom. The lowest BCUT2D eigenvalue weighted by atomic mass is 10.1. The summed E-state index contributed by atoms with van der Waals surface area (Å²) >= 11 is 0. The van der Waals surface area contributed by atoms with Gasteiger partial charge in [0.15, 0.2) is 12.4 Å². The number of Topliss-reactive ketones (excluding diaryl/α,β-unsaturated/α-hetero) is 1. The number of esters is 1. The molecule has 0 aliphatic carbocycles. The van der Waals surface area contributed by atoms with Crippen LogP contribution >= 0.6 is 0 Å². The molecule has 0 aliphatic rings. The molecule has 2 aromatic heterocycles. The zero-order chi connectivity index (χ0) is 21.4. The van der Waals surface area contributed by atoms with Crippen LogP contribution in [-0.2, 0) is 9.53 Å². The van der Waals surface area contributed by atoms with Gasteiger partial charge in [0.2, 0.25) is 0 Å². The first-order valence-corrected chi connectivity index (χ1v) is 9.43. The van der Waals surface area contributed by atoms with Crippen LogP contribution in [0.2, 0.25) is 0 Å². The van der Waals surface area contributed by atoms with Gasteiger partial charge in [0.25, 0.3) is 5.91 Å². The Hall–Kier alpha value is -3.87. The average molecular weight is 404 g/mol. The molecule has 0 bridgehead atoms. The molecule has 0 atom stereocenters. The number of para-hydroxylation sites is 1. The van der Waals surface area contributed by atoms with Crippen molar-refractivity contribution in [2.75, 3.05) is 11.9 Å². The van der Waals surface area contributed by atoms with Gasteiger partial charge in [-0.15, -0.1) is 0 Å². The highest BCUT2D eigenvalue weighted by atomic mass is 16.5. The Kier molecular flexibility index (Phi) is 4.87. The van der Waals surface area contributed by atoms with Crippen LogP contribution in [-0.4, -0.2) is 29.3 Å². The Morgan fingerprint density at radius 1 is 1.03 bits per heavy atom. The van der Waals surface area contributed by atoms with Gasteiger partial charge in [-0.25, -0.2) is 4.79 Å². The van der Waals surface area contributed by atoms with E-state index < -0.39 is 18.5 Å². The molecular weight excluding hydrogens is 384 g/mol. The molecule has 1 amide bonds. The topological polar surface area (TPSA) is 101 Å². The van der Waals surface area contributed by atoms with Crippen LogP contribution in [0.4, 0.5) is 5.69 Å². The number of hydrogen-bond acceptors (Lipinski definition) is 5. The van der Waals surface area contributed by atoms with E-state index in [1.165, 1.54) is 6.92 Å². The normalized spacial score (nSPS) is 11.0. The molecule has 0 unspecified atom stereocenters. The second-order valence-electron chi connectivity index (χ2n) is 7.11. The Morgan fingerprint density at radius 3 is 2.50 bits per heavy atom. The molecule has 0 fully saturated rings. The van der Waals surface area contributed by atoms with Crippen LogP contribution in [0.15, 0.2) is 46.9 Å². The van der Waals surface area contributed by atoms with Gasteiger partial charge < -0.3 is 19.5 Å². The molecular formula is C23H20N2O5. The number of furan rings is 1. The zero-order valence-electron chi connectivity index (χ0n) is 16.8. The number of aromatic amines is 1. The maximum atomic E-state index is 12.3. The second-order valence-corrected chi connectivity index (χ2v) is 7.11. The number of aryl methyl sites for hydroxylation is 1. The van der Waals surface area contributed by atoms with Crippen molar-refractivity contribution in [2.24, 2.45) is 0 Å². The fraction of sp³-hybridized carbons (Fsp3) is 0.174. The molecule has 2 heterocycles. The number of anilines is 1. The van der Waals surface area contributed by atoms with Crippen molar-refractivity contribution < 1.29 is 23.5 Å². The number of carbonyl (C=O) groups is 3. The second kappa shape index (κ2) is 7.51. The Labute approximate surface area is 172 Å². The van der Waals surface area contributed by atoms with Gasteiger partial charge in [0, 0.05) is 27.7 Å².